The fourth-order valence-corrected chi connectivity index (χ4v) is 3.92. The molecule has 1 aromatic carbocycles. The van der Waals surface area contributed by atoms with Crippen LogP contribution in [0.25, 0.3) is 0 Å². The molecule has 126 valence electrons. The van der Waals surface area contributed by atoms with E-state index in [9.17, 15) is 18.0 Å². The van der Waals surface area contributed by atoms with Gasteiger partial charge in [0.1, 0.15) is 6.04 Å². The first kappa shape index (κ1) is 17.4. The molecule has 2 N–H and O–H groups in total. The second-order valence-electron chi connectivity index (χ2n) is 5.89. The summed E-state index contributed by atoms with van der Waals surface area (Å²) < 4.78 is 27.1. The molecule has 0 saturated carbocycles. The van der Waals surface area contributed by atoms with Crippen LogP contribution >= 0.6 is 0 Å². The number of aliphatic carboxylic acids is 1. The predicted molar refractivity (Wildman–Crippen MR) is 84.8 cm³/mol. The van der Waals surface area contributed by atoms with Crippen LogP contribution in [0.3, 0.4) is 0 Å². The van der Waals surface area contributed by atoms with Gasteiger partial charge >= 0.3 is 5.97 Å². The number of nitrogens with one attached hydrogen (secondary N) is 1. The molecule has 0 bridgehead atoms. The average molecular weight is 340 g/mol. The lowest BCUT2D eigenvalue weighted by atomic mass is 10.1. The second-order valence-corrected chi connectivity index (χ2v) is 7.61. The van der Waals surface area contributed by atoms with Crippen LogP contribution in [0.15, 0.2) is 23.1 Å². The molecule has 8 heteroatoms. The normalized spacial score (nSPS) is 15.6. The van der Waals surface area contributed by atoms with Crippen LogP contribution in [0.4, 0.5) is 5.69 Å². The Morgan fingerprint density at radius 1 is 1.30 bits per heavy atom. The van der Waals surface area contributed by atoms with Crippen molar-refractivity contribution in [3.63, 3.8) is 0 Å². The van der Waals surface area contributed by atoms with Crippen molar-refractivity contribution in [3.8, 4) is 0 Å². The van der Waals surface area contributed by atoms with Crippen LogP contribution in [0.5, 0.6) is 0 Å². The van der Waals surface area contributed by atoms with E-state index in [1.54, 1.807) is 19.9 Å². The summed E-state index contributed by atoms with van der Waals surface area (Å²) in [7, 11) is -3.99. The quantitative estimate of drug-likeness (QED) is 0.832. The zero-order chi connectivity index (χ0) is 17.4. The van der Waals surface area contributed by atoms with Crippen molar-refractivity contribution in [2.45, 2.75) is 38.1 Å². The van der Waals surface area contributed by atoms with Crippen molar-refractivity contribution in [1.82, 2.24) is 4.72 Å². The zero-order valence-corrected chi connectivity index (χ0v) is 14.1. The highest BCUT2D eigenvalue weighted by atomic mass is 32.2. The first-order chi connectivity index (χ1) is 10.6. The summed E-state index contributed by atoms with van der Waals surface area (Å²) in [5, 5.41) is 9.14. The van der Waals surface area contributed by atoms with Crippen molar-refractivity contribution >= 4 is 27.6 Å². The SMILES string of the molecule is CC(=O)N1CCc2ccc(S(=O)(=O)N[C@@H](C(=O)O)C(C)C)cc21. The molecule has 1 atom stereocenters. The molecular formula is C15H20N2O5S. The molecule has 0 aliphatic carbocycles. The fourth-order valence-electron chi connectivity index (χ4n) is 2.56. The van der Waals surface area contributed by atoms with Crippen LogP contribution < -0.4 is 9.62 Å². The maximum Gasteiger partial charge on any atom is 0.322 e. The Morgan fingerprint density at radius 2 is 1.96 bits per heavy atom. The van der Waals surface area contributed by atoms with E-state index in [4.69, 9.17) is 5.11 Å². The van der Waals surface area contributed by atoms with Gasteiger partial charge in [-0.15, -0.1) is 0 Å². The van der Waals surface area contributed by atoms with E-state index in [1.165, 1.54) is 24.0 Å². The summed E-state index contributed by atoms with van der Waals surface area (Å²) in [5.41, 5.74) is 1.47. The summed E-state index contributed by atoms with van der Waals surface area (Å²) in [6.45, 7) is 5.20. The molecule has 1 heterocycles. The highest BCUT2D eigenvalue weighted by molar-refractivity contribution is 7.89. The molecule has 1 amide bonds. The number of anilines is 1. The third-order valence-electron chi connectivity index (χ3n) is 3.86. The van der Waals surface area contributed by atoms with Gasteiger partial charge in [-0.1, -0.05) is 19.9 Å². The smallest absolute Gasteiger partial charge is 0.322 e. The van der Waals surface area contributed by atoms with E-state index in [0.717, 1.165) is 5.56 Å². The van der Waals surface area contributed by atoms with Gasteiger partial charge in [-0.25, -0.2) is 8.42 Å². The highest BCUT2D eigenvalue weighted by Crippen LogP contribution is 2.30. The summed E-state index contributed by atoms with van der Waals surface area (Å²) in [4.78, 5) is 24.3. The molecular weight excluding hydrogens is 320 g/mol. The number of benzene rings is 1. The van der Waals surface area contributed by atoms with Crippen molar-refractivity contribution in [2.24, 2.45) is 5.92 Å². The van der Waals surface area contributed by atoms with Crippen LogP contribution in [-0.2, 0) is 26.0 Å². The van der Waals surface area contributed by atoms with Crippen LogP contribution in [0, 0.1) is 5.92 Å². The van der Waals surface area contributed by atoms with Gasteiger partial charge in [-0.2, -0.15) is 4.72 Å². The minimum atomic E-state index is -3.99. The van der Waals surface area contributed by atoms with Gasteiger partial charge in [0.2, 0.25) is 15.9 Å². The summed E-state index contributed by atoms with van der Waals surface area (Å²) >= 11 is 0. The van der Waals surface area contributed by atoms with E-state index in [2.05, 4.69) is 4.72 Å². The molecule has 23 heavy (non-hydrogen) atoms. The third kappa shape index (κ3) is 3.53. The maximum absolute atomic E-state index is 12.4. The largest absolute Gasteiger partial charge is 0.480 e. The number of nitrogens with zero attached hydrogens (tertiary/aromatic N) is 1. The van der Waals surface area contributed by atoms with Crippen LogP contribution in [-0.4, -0.2) is 38.0 Å². The fraction of sp³-hybridized carbons (Fsp3) is 0.467. The van der Waals surface area contributed by atoms with Crippen LogP contribution in [0.2, 0.25) is 0 Å². The summed E-state index contributed by atoms with van der Waals surface area (Å²) in [6, 6.07) is 3.31. The zero-order valence-electron chi connectivity index (χ0n) is 13.2. The summed E-state index contributed by atoms with van der Waals surface area (Å²) in [5.74, 6) is -1.78. The molecule has 0 radical (unpaired) electrons. The number of carboxylic acids is 1. The monoisotopic (exact) mass is 340 g/mol. The second kappa shape index (κ2) is 6.29. The first-order valence-corrected chi connectivity index (χ1v) is 8.78. The van der Waals surface area contributed by atoms with Gasteiger partial charge in [0.25, 0.3) is 0 Å². The number of carbonyl (C=O) groups excluding carboxylic acids is 1. The Bertz CT molecular complexity index is 742. The van der Waals surface area contributed by atoms with E-state index >= 15 is 0 Å². The van der Waals surface area contributed by atoms with Gasteiger partial charge in [-0.3, -0.25) is 9.59 Å². The lowest BCUT2D eigenvalue weighted by molar-refractivity contribution is -0.140. The number of carbonyl (C=O) groups is 2. The van der Waals surface area contributed by atoms with Crippen molar-refractivity contribution in [3.05, 3.63) is 23.8 Å². The maximum atomic E-state index is 12.4. The molecule has 0 fully saturated rings. The van der Waals surface area contributed by atoms with Crippen molar-refractivity contribution < 1.29 is 23.1 Å². The number of fused-ring (bicyclic) bond motifs is 1. The van der Waals surface area contributed by atoms with Crippen molar-refractivity contribution in [1.29, 1.82) is 0 Å². The summed E-state index contributed by atoms with van der Waals surface area (Å²) in [6.07, 6.45) is 0.673. The van der Waals surface area contributed by atoms with Crippen molar-refractivity contribution in [2.75, 3.05) is 11.4 Å². The number of sulfonamides is 1. The molecule has 1 aliphatic heterocycles. The minimum Gasteiger partial charge on any atom is -0.480 e. The Morgan fingerprint density at radius 3 is 2.48 bits per heavy atom. The van der Waals surface area contributed by atoms with Crippen LogP contribution in [0.1, 0.15) is 26.3 Å². The molecule has 1 aromatic rings. The standard InChI is InChI=1S/C15H20N2O5S/c1-9(2)14(15(19)20)16-23(21,22)12-5-4-11-6-7-17(10(3)18)13(11)8-12/h4-5,8-9,14,16H,6-7H2,1-3H3,(H,19,20)/t14-/m1/s1. The highest BCUT2D eigenvalue weighted by Gasteiger charge is 2.30. The topological polar surface area (TPSA) is 104 Å². The first-order valence-electron chi connectivity index (χ1n) is 7.29. The molecule has 0 aromatic heterocycles. The lowest BCUT2D eigenvalue weighted by Gasteiger charge is -2.19. The molecule has 2 rings (SSSR count). The van der Waals surface area contributed by atoms with Gasteiger partial charge < -0.3 is 10.0 Å². The van der Waals surface area contributed by atoms with E-state index < -0.39 is 28.0 Å². The molecule has 7 nitrogen and oxygen atoms in total. The predicted octanol–water partition coefficient (Wildman–Crippen LogP) is 0.983. The third-order valence-corrected chi connectivity index (χ3v) is 5.30. The van der Waals surface area contributed by atoms with E-state index in [-0.39, 0.29) is 10.8 Å². The van der Waals surface area contributed by atoms with Gasteiger partial charge in [-0.05, 0) is 30.0 Å². The molecule has 0 spiro atoms. The van der Waals surface area contributed by atoms with E-state index in [1.807, 2.05) is 0 Å². The van der Waals surface area contributed by atoms with E-state index in [0.29, 0.717) is 18.7 Å². The number of carboxylic acid groups (broad SMARTS) is 1. The number of hydrogen-bond acceptors (Lipinski definition) is 4. The Hall–Kier alpha value is -1.93. The Labute approximate surface area is 135 Å². The number of hydrogen-bond donors (Lipinski definition) is 2. The molecule has 0 saturated heterocycles. The number of amides is 1. The average Bonchev–Trinajstić information content (AvgIpc) is 2.87. The minimum absolute atomic E-state index is 0.0451. The van der Waals surface area contributed by atoms with Gasteiger partial charge in [0.05, 0.1) is 4.90 Å². The van der Waals surface area contributed by atoms with Gasteiger partial charge in [0.15, 0.2) is 0 Å². The number of rotatable bonds is 5. The molecule has 1 aliphatic rings. The van der Waals surface area contributed by atoms with Gasteiger partial charge in [0, 0.05) is 19.2 Å². The Kier molecular flexibility index (Phi) is 4.76. The Balaban J connectivity index is 2.36. The lowest BCUT2D eigenvalue weighted by Crippen LogP contribution is -2.44. The molecule has 0 unspecified atom stereocenters.